The molecule has 0 aliphatic heterocycles. The first-order valence-corrected chi connectivity index (χ1v) is 6.59. The van der Waals surface area contributed by atoms with Crippen molar-refractivity contribution in [1.29, 1.82) is 0 Å². The topological polar surface area (TPSA) is 63.2 Å². The van der Waals surface area contributed by atoms with E-state index in [1.807, 2.05) is 0 Å². The minimum atomic E-state index is -3.08. The third kappa shape index (κ3) is 3.38. The number of aldehydes is 1. The molecule has 1 saturated carbocycles. The lowest BCUT2D eigenvalue weighted by Gasteiger charge is -2.24. The molecule has 0 spiro atoms. The second-order valence-electron chi connectivity index (χ2n) is 3.90. The molecular formula is C9H17NO3S. The molecule has 1 fully saturated rings. The van der Waals surface area contributed by atoms with Gasteiger partial charge in [0.25, 0.3) is 0 Å². The summed E-state index contributed by atoms with van der Waals surface area (Å²) in [5.74, 6) is 0.585. The van der Waals surface area contributed by atoms with Crippen molar-refractivity contribution in [2.24, 2.45) is 11.8 Å². The van der Waals surface area contributed by atoms with Crippen LogP contribution in [0.1, 0.15) is 25.7 Å². The lowest BCUT2D eigenvalue weighted by molar-refractivity contribution is -0.112. The largest absolute Gasteiger partial charge is 0.303 e. The Balaban J connectivity index is 2.40. The number of carbonyl (C=O) groups is 1. The fourth-order valence-electron chi connectivity index (χ4n) is 1.88. The average molecular weight is 219 g/mol. The number of carbonyl (C=O) groups excluding carboxylic acids is 1. The van der Waals surface area contributed by atoms with E-state index in [0.29, 0.717) is 0 Å². The standard InChI is InChI=1S/C9H17NO3S/c1-10-14(12,13)7-9-4-2-8(6-11)3-5-9/h6,8-10H,2-5,7H2,1H3. The van der Waals surface area contributed by atoms with Crippen molar-refractivity contribution < 1.29 is 13.2 Å². The molecule has 0 unspecified atom stereocenters. The highest BCUT2D eigenvalue weighted by Gasteiger charge is 2.24. The van der Waals surface area contributed by atoms with Gasteiger partial charge in [-0.3, -0.25) is 0 Å². The maximum Gasteiger partial charge on any atom is 0.211 e. The Labute approximate surface area is 85.1 Å². The van der Waals surface area contributed by atoms with Crippen LogP contribution >= 0.6 is 0 Å². The summed E-state index contributed by atoms with van der Waals surface area (Å²) in [5, 5.41) is 0. The van der Waals surface area contributed by atoms with Crippen LogP contribution in [0, 0.1) is 11.8 Å². The highest BCUT2D eigenvalue weighted by atomic mass is 32.2. The quantitative estimate of drug-likeness (QED) is 0.702. The Hall–Kier alpha value is -0.420. The molecule has 4 nitrogen and oxygen atoms in total. The molecule has 0 bridgehead atoms. The lowest BCUT2D eigenvalue weighted by atomic mass is 9.84. The van der Waals surface area contributed by atoms with Gasteiger partial charge in [0, 0.05) is 5.92 Å². The summed E-state index contributed by atoms with van der Waals surface area (Å²) in [4.78, 5) is 10.5. The Kier molecular flexibility index (Phi) is 4.07. The minimum absolute atomic E-state index is 0.156. The van der Waals surface area contributed by atoms with E-state index in [4.69, 9.17) is 0 Å². The SMILES string of the molecule is CNS(=O)(=O)CC1CCC(C=O)CC1. The molecule has 82 valence electrons. The van der Waals surface area contributed by atoms with E-state index < -0.39 is 10.0 Å². The minimum Gasteiger partial charge on any atom is -0.303 e. The van der Waals surface area contributed by atoms with Gasteiger partial charge in [0.05, 0.1) is 5.75 Å². The number of rotatable bonds is 4. The van der Waals surface area contributed by atoms with Gasteiger partial charge < -0.3 is 4.79 Å². The fourth-order valence-corrected chi connectivity index (χ4v) is 3.01. The summed E-state index contributed by atoms with van der Waals surface area (Å²) in [6, 6.07) is 0. The van der Waals surface area contributed by atoms with Crippen molar-refractivity contribution in [3.63, 3.8) is 0 Å². The summed E-state index contributed by atoms with van der Waals surface area (Å²) in [5.41, 5.74) is 0. The lowest BCUT2D eigenvalue weighted by Crippen LogP contribution is -2.29. The Morgan fingerprint density at radius 1 is 1.29 bits per heavy atom. The molecule has 1 rings (SSSR count). The van der Waals surface area contributed by atoms with Crippen LogP contribution in [0.15, 0.2) is 0 Å². The van der Waals surface area contributed by atoms with Crippen LogP contribution in [-0.2, 0) is 14.8 Å². The van der Waals surface area contributed by atoms with Crippen LogP contribution in [0.5, 0.6) is 0 Å². The maximum absolute atomic E-state index is 11.2. The number of hydrogen-bond donors (Lipinski definition) is 1. The summed E-state index contributed by atoms with van der Waals surface area (Å²) >= 11 is 0. The molecule has 0 heterocycles. The molecule has 0 aromatic rings. The zero-order valence-corrected chi connectivity index (χ0v) is 9.22. The van der Waals surface area contributed by atoms with Crippen molar-refractivity contribution in [2.45, 2.75) is 25.7 Å². The Morgan fingerprint density at radius 2 is 1.86 bits per heavy atom. The number of sulfonamides is 1. The van der Waals surface area contributed by atoms with Gasteiger partial charge in [-0.1, -0.05) is 0 Å². The van der Waals surface area contributed by atoms with E-state index in [1.165, 1.54) is 7.05 Å². The van der Waals surface area contributed by atoms with Gasteiger partial charge in [0.2, 0.25) is 10.0 Å². The fraction of sp³-hybridized carbons (Fsp3) is 0.889. The van der Waals surface area contributed by atoms with E-state index in [-0.39, 0.29) is 17.6 Å². The van der Waals surface area contributed by atoms with Gasteiger partial charge in [0.1, 0.15) is 6.29 Å². The highest BCUT2D eigenvalue weighted by molar-refractivity contribution is 7.89. The second kappa shape index (κ2) is 4.89. The molecule has 1 aliphatic carbocycles. The molecule has 0 atom stereocenters. The highest BCUT2D eigenvalue weighted by Crippen LogP contribution is 2.28. The van der Waals surface area contributed by atoms with Crippen LogP contribution in [0.2, 0.25) is 0 Å². The summed E-state index contributed by atoms with van der Waals surface area (Å²) in [6.45, 7) is 0. The van der Waals surface area contributed by atoms with Gasteiger partial charge in [-0.05, 0) is 38.6 Å². The first kappa shape index (κ1) is 11.7. The van der Waals surface area contributed by atoms with Gasteiger partial charge in [-0.15, -0.1) is 0 Å². The first-order chi connectivity index (χ1) is 6.57. The molecule has 0 aromatic heterocycles. The van der Waals surface area contributed by atoms with Crippen molar-refractivity contribution in [2.75, 3.05) is 12.8 Å². The van der Waals surface area contributed by atoms with Gasteiger partial charge >= 0.3 is 0 Å². The van der Waals surface area contributed by atoms with E-state index in [9.17, 15) is 13.2 Å². The third-order valence-corrected chi connectivity index (χ3v) is 4.38. The van der Waals surface area contributed by atoms with E-state index >= 15 is 0 Å². The molecular weight excluding hydrogens is 202 g/mol. The third-order valence-electron chi connectivity index (χ3n) is 2.85. The molecule has 1 N–H and O–H groups in total. The summed E-state index contributed by atoms with van der Waals surface area (Å²) in [6.07, 6.45) is 4.37. The Morgan fingerprint density at radius 3 is 2.29 bits per heavy atom. The monoisotopic (exact) mass is 219 g/mol. The van der Waals surface area contributed by atoms with Crippen LogP contribution in [-0.4, -0.2) is 27.5 Å². The van der Waals surface area contributed by atoms with Crippen molar-refractivity contribution in [3.05, 3.63) is 0 Å². The molecule has 0 aromatic carbocycles. The zero-order valence-electron chi connectivity index (χ0n) is 8.40. The molecule has 5 heteroatoms. The molecule has 1 aliphatic rings. The van der Waals surface area contributed by atoms with Gasteiger partial charge in [0.15, 0.2) is 0 Å². The summed E-state index contributed by atoms with van der Waals surface area (Å²) < 4.78 is 24.8. The van der Waals surface area contributed by atoms with Crippen LogP contribution in [0.25, 0.3) is 0 Å². The number of nitrogens with one attached hydrogen (secondary N) is 1. The predicted octanol–water partition coefficient (Wildman–Crippen LogP) is 0.541. The smallest absolute Gasteiger partial charge is 0.211 e. The summed E-state index contributed by atoms with van der Waals surface area (Å²) in [7, 11) is -1.64. The maximum atomic E-state index is 11.2. The van der Waals surface area contributed by atoms with Crippen LogP contribution in [0.3, 0.4) is 0 Å². The second-order valence-corrected chi connectivity index (χ2v) is 5.87. The van der Waals surface area contributed by atoms with Gasteiger partial charge in [-0.2, -0.15) is 0 Å². The first-order valence-electron chi connectivity index (χ1n) is 4.94. The predicted molar refractivity (Wildman–Crippen MR) is 54.4 cm³/mol. The average Bonchev–Trinajstić information content (AvgIpc) is 2.19. The van der Waals surface area contributed by atoms with Crippen molar-refractivity contribution >= 4 is 16.3 Å². The molecule has 0 saturated heterocycles. The van der Waals surface area contributed by atoms with E-state index in [2.05, 4.69) is 4.72 Å². The van der Waals surface area contributed by atoms with E-state index in [0.717, 1.165) is 32.0 Å². The van der Waals surface area contributed by atoms with Crippen molar-refractivity contribution in [3.8, 4) is 0 Å². The number of hydrogen-bond acceptors (Lipinski definition) is 3. The molecule has 0 amide bonds. The Bertz CT molecular complexity index is 278. The van der Waals surface area contributed by atoms with Crippen LogP contribution < -0.4 is 4.72 Å². The normalized spacial score (nSPS) is 28.6. The van der Waals surface area contributed by atoms with Crippen LogP contribution in [0.4, 0.5) is 0 Å². The zero-order chi connectivity index (χ0) is 10.6. The van der Waals surface area contributed by atoms with Gasteiger partial charge in [-0.25, -0.2) is 13.1 Å². The van der Waals surface area contributed by atoms with Crippen molar-refractivity contribution in [1.82, 2.24) is 4.72 Å². The van der Waals surface area contributed by atoms with E-state index in [1.54, 1.807) is 0 Å². The molecule has 0 radical (unpaired) electrons. The molecule has 14 heavy (non-hydrogen) atoms.